The Morgan fingerprint density at radius 3 is 2.45 bits per heavy atom. The van der Waals surface area contributed by atoms with Crippen LogP contribution in [0.3, 0.4) is 0 Å². The Bertz CT molecular complexity index is 1600. The Kier molecular flexibility index (Phi) is 11.7. The molecule has 0 bridgehead atoms. The van der Waals surface area contributed by atoms with E-state index in [1.54, 1.807) is 6.92 Å². The highest BCUT2D eigenvalue weighted by Gasteiger charge is 2.22. The van der Waals surface area contributed by atoms with Gasteiger partial charge in [0.05, 0.1) is 13.0 Å². The lowest BCUT2D eigenvalue weighted by Gasteiger charge is -2.33. The molecule has 42 heavy (non-hydrogen) atoms. The smallest absolute Gasteiger partial charge is 0.115 e. The average molecular weight is 530 g/mol. The maximum absolute atomic E-state index is 6.14. The molecule has 0 aromatic heterocycles. The number of anilines is 1. The van der Waals surface area contributed by atoms with Crippen LogP contribution in [0.25, 0.3) is 0 Å². The van der Waals surface area contributed by atoms with Gasteiger partial charge in [-0.15, -0.1) is 30.1 Å². The zero-order valence-corrected chi connectivity index (χ0v) is 25.2. The molecule has 0 saturated heterocycles. The molecule has 0 amide bonds. The van der Waals surface area contributed by atoms with Crippen molar-refractivity contribution < 1.29 is 4.58 Å². The Hall–Kier alpha value is -3.74. The monoisotopic (exact) mass is 531 g/mol. The molecule has 9 heteroatoms. The van der Waals surface area contributed by atoms with E-state index in [9.17, 15) is 0 Å². The van der Waals surface area contributed by atoms with Gasteiger partial charge in [-0.25, -0.2) is 0 Å². The molecular weight excluding hydrogens is 500 g/mol. The van der Waals surface area contributed by atoms with Gasteiger partial charge >= 0.3 is 0 Å². The second kappa shape index (κ2) is 14.9. The molecular formula is C33H30B7N2. The quantitative estimate of drug-likeness (QED) is 0.167. The van der Waals surface area contributed by atoms with Crippen molar-refractivity contribution in [2.45, 2.75) is 33.6 Å². The number of allylic oxidation sites excluding steroid dienone is 5. The van der Waals surface area contributed by atoms with Gasteiger partial charge in [-0.2, -0.15) is 0 Å². The lowest BCUT2D eigenvalue weighted by Crippen LogP contribution is -2.39. The van der Waals surface area contributed by atoms with Crippen LogP contribution in [0.2, 0.25) is 0 Å². The normalized spacial score (nSPS) is 15.0. The van der Waals surface area contributed by atoms with E-state index in [0.717, 1.165) is 46.3 Å². The Morgan fingerprint density at radius 2 is 1.79 bits per heavy atom. The summed E-state index contributed by atoms with van der Waals surface area (Å²) >= 11 is 0. The highest BCUT2D eigenvalue weighted by atomic mass is 15.1. The molecule has 0 unspecified atom stereocenters. The summed E-state index contributed by atoms with van der Waals surface area (Å²) in [7, 11) is 29.1. The summed E-state index contributed by atoms with van der Waals surface area (Å²) in [5, 5.41) is 0. The SMILES string of the molecule is [B][B]B([B])c1ccc(N(C)C=CC2=CC(=C[C-]=[N+](C)c3ccc(B([B])[B])c(C#CC)c3)CC(C)(C)C2)cc1C#CC#C. The van der Waals surface area contributed by atoms with Gasteiger partial charge in [-0.1, -0.05) is 60.7 Å². The highest BCUT2D eigenvalue weighted by Crippen LogP contribution is 2.38. The van der Waals surface area contributed by atoms with Gasteiger partial charge in [0.25, 0.3) is 0 Å². The van der Waals surface area contributed by atoms with E-state index in [-0.39, 0.29) is 5.41 Å². The second-order valence-electron chi connectivity index (χ2n) is 11.1. The number of nitrogens with zero attached hydrogens (tertiary/aromatic N) is 2. The van der Waals surface area contributed by atoms with Crippen LogP contribution in [-0.4, -0.2) is 75.9 Å². The second-order valence-corrected chi connectivity index (χ2v) is 11.1. The Balaban J connectivity index is 1.87. The van der Waals surface area contributed by atoms with Gasteiger partial charge in [0.1, 0.15) is 18.9 Å². The molecule has 1 aliphatic rings. The van der Waals surface area contributed by atoms with Gasteiger partial charge in [0.2, 0.25) is 0 Å². The maximum Gasteiger partial charge on any atom is 0.115 e. The largest absolute Gasteiger partial charge is 0.351 e. The zero-order chi connectivity index (χ0) is 30.9. The maximum atomic E-state index is 6.14. The standard InChI is InChI=1S/C33H30B7N2/c1-7-9-11-28-22-30(13-15-32(28)40(37)38-34)42(6)19-17-26-20-25(23-33(3,4)24-26)16-18-41(5)29-12-14-31(39(35)36)27(21-29)10-8-2/h1,12-17,19-22H,23-24H2,2-6H3. The Morgan fingerprint density at radius 1 is 1.07 bits per heavy atom. The number of hydrogen-bond acceptors (Lipinski definition) is 1. The summed E-state index contributed by atoms with van der Waals surface area (Å²) in [4.78, 5) is 2.05. The van der Waals surface area contributed by atoms with E-state index in [2.05, 4.69) is 74.1 Å². The highest BCUT2D eigenvalue weighted by molar-refractivity contribution is 7.50. The van der Waals surface area contributed by atoms with Crippen LogP contribution in [-0.2, 0) is 0 Å². The minimum absolute atomic E-state index is 0.108. The predicted molar refractivity (Wildman–Crippen MR) is 188 cm³/mol. The van der Waals surface area contributed by atoms with Crippen molar-refractivity contribution in [3.63, 3.8) is 0 Å². The molecule has 2 aromatic rings. The summed E-state index contributed by atoms with van der Waals surface area (Å²) in [6.07, 6.45) is 19.2. The number of benzene rings is 2. The third-order valence-electron chi connectivity index (χ3n) is 7.01. The van der Waals surface area contributed by atoms with Crippen LogP contribution in [0, 0.1) is 41.4 Å². The van der Waals surface area contributed by atoms with Crippen LogP contribution >= 0.6 is 0 Å². The first kappa shape index (κ1) is 32.8. The van der Waals surface area contributed by atoms with Gasteiger partial charge in [-0.05, 0) is 60.9 Å². The zero-order valence-electron chi connectivity index (χ0n) is 25.2. The van der Waals surface area contributed by atoms with Crippen molar-refractivity contribution in [1.82, 2.24) is 0 Å². The molecule has 0 spiro atoms. The summed E-state index contributed by atoms with van der Waals surface area (Å²) in [6, 6.07) is 11.8. The van der Waals surface area contributed by atoms with E-state index in [0.29, 0.717) is 0 Å². The molecule has 193 valence electrons. The summed E-state index contributed by atoms with van der Waals surface area (Å²) in [5.74, 6) is 14.1. The third kappa shape index (κ3) is 8.88. The van der Waals surface area contributed by atoms with Gasteiger partial charge in [0, 0.05) is 68.1 Å². The first-order valence-electron chi connectivity index (χ1n) is 13.8. The van der Waals surface area contributed by atoms with Crippen LogP contribution in [0.5, 0.6) is 0 Å². The molecule has 0 atom stereocenters. The third-order valence-corrected chi connectivity index (χ3v) is 7.01. The van der Waals surface area contributed by atoms with E-state index in [1.165, 1.54) is 18.2 Å². The lowest BCUT2D eigenvalue weighted by atomic mass is 9.03. The minimum atomic E-state index is -0.577. The number of hydrogen-bond donors (Lipinski definition) is 0. The van der Waals surface area contributed by atoms with Gasteiger partial charge in [-0.3, -0.25) is 0 Å². The minimum Gasteiger partial charge on any atom is -0.351 e. The molecule has 2 aromatic carbocycles. The van der Waals surface area contributed by atoms with Gasteiger partial charge < -0.3 is 9.48 Å². The van der Waals surface area contributed by atoms with E-state index < -0.39 is 13.0 Å². The number of terminal acetylenes is 1. The van der Waals surface area contributed by atoms with Crippen molar-refractivity contribution in [2.75, 3.05) is 19.0 Å². The van der Waals surface area contributed by atoms with Crippen molar-refractivity contribution in [1.29, 1.82) is 0 Å². The average Bonchev–Trinajstić information content (AvgIpc) is 2.96. The molecule has 0 fully saturated rings. The fourth-order valence-electron chi connectivity index (χ4n) is 4.91. The molecule has 9 radical (unpaired) electrons. The summed E-state index contributed by atoms with van der Waals surface area (Å²) in [5.41, 5.74) is 7.71. The first-order valence-corrected chi connectivity index (χ1v) is 13.8. The predicted octanol–water partition coefficient (Wildman–Crippen LogP) is 2.27. The number of rotatable bonds is 8. The molecule has 0 heterocycles. The molecule has 0 aliphatic heterocycles. The van der Waals surface area contributed by atoms with Crippen molar-refractivity contribution >= 4 is 79.5 Å². The van der Waals surface area contributed by atoms with Gasteiger partial charge in [0.15, 0.2) is 0 Å². The first-order chi connectivity index (χ1) is 20.0. The van der Waals surface area contributed by atoms with E-state index in [1.807, 2.05) is 60.0 Å². The van der Waals surface area contributed by atoms with Crippen molar-refractivity contribution in [2.24, 2.45) is 5.41 Å². The van der Waals surface area contributed by atoms with Crippen molar-refractivity contribution in [3.05, 3.63) is 83.1 Å². The van der Waals surface area contributed by atoms with Crippen LogP contribution in [0.1, 0.15) is 44.7 Å². The fourth-order valence-corrected chi connectivity index (χ4v) is 4.91. The molecule has 0 N–H and O–H groups in total. The molecule has 0 saturated carbocycles. The molecule has 2 nitrogen and oxygen atoms in total. The molecule has 1 aliphatic carbocycles. The van der Waals surface area contributed by atoms with Crippen LogP contribution < -0.4 is 15.8 Å². The lowest BCUT2D eigenvalue weighted by molar-refractivity contribution is -0.398. The topological polar surface area (TPSA) is 6.25 Å². The van der Waals surface area contributed by atoms with Crippen LogP contribution in [0.4, 0.5) is 11.4 Å². The molecule has 3 rings (SSSR count). The van der Waals surface area contributed by atoms with Crippen LogP contribution in [0.15, 0.2) is 72.0 Å². The van der Waals surface area contributed by atoms with Crippen molar-refractivity contribution in [3.8, 4) is 36.0 Å². The van der Waals surface area contributed by atoms with E-state index >= 15 is 0 Å². The van der Waals surface area contributed by atoms with E-state index in [4.69, 9.17) is 37.4 Å². The fraction of sp³-hybridized carbons (Fsp3) is 0.242. The summed E-state index contributed by atoms with van der Waals surface area (Å²) in [6.45, 7) is 5.36. The Labute approximate surface area is 260 Å². The summed E-state index contributed by atoms with van der Waals surface area (Å²) < 4.78 is 1.96.